The highest BCUT2D eigenvalue weighted by molar-refractivity contribution is 6.99. The summed E-state index contributed by atoms with van der Waals surface area (Å²) in [5, 5.41) is 5.07. The molecule has 3 N–H and O–H groups in total. The van der Waals surface area contributed by atoms with Crippen molar-refractivity contribution in [3.8, 4) is 11.4 Å². The number of nitrogens with zero attached hydrogens (tertiary/aromatic N) is 4. The lowest BCUT2D eigenvalue weighted by atomic mass is 9.93. The molecule has 0 bridgehead atoms. The lowest BCUT2D eigenvalue weighted by molar-refractivity contribution is 0.0947. The average molecular weight is 745 g/mol. The van der Waals surface area contributed by atoms with Crippen LogP contribution in [0.2, 0.25) is 5.04 Å². The fraction of sp³-hybridized carbons (Fsp3) is 0.286. The van der Waals surface area contributed by atoms with Crippen LogP contribution >= 0.6 is 0 Å². The van der Waals surface area contributed by atoms with Crippen molar-refractivity contribution < 1.29 is 18.3 Å². The van der Waals surface area contributed by atoms with Crippen molar-refractivity contribution >= 4 is 41.6 Å². The van der Waals surface area contributed by atoms with E-state index in [4.69, 9.17) is 14.9 Å². The number of amides is 1. The molecular formula is C42H45FN6O4Si. The van der Waals surface area contributed by atoms with Gasteiger partial charge < -0.3 is 20.2 Å². The molecule has 6 aromatic rings. The zero-order valence-corrected chi connectivity index (χ0v) is 32.0. The maximum absolute atomic E-state index is 14.6. The van der Waals surface area contributed by atoms with E-state index in [-0.39, 0.29) is 46.5 Å². The van der Waals surface area contributed by atoms with E-state index in [1.54, 1.807) is 21.3 Å². The Labute approximate surface area is 314 Å². The van der Waals surface area contributed by atoms with E-state index in [1.807, 2.05) is 24.3 Å². The number of hydrogen-bond donors (Lipinski definition) is 2. The van der Waals surface area contributed by atoms with Crippen molar-refractivity contribution in [2.75, 3.05) is 12.8 Å². The van der Waals surface area contributed by atoms with Crippen LogP contribution in [0.15, 0.2) is 114 Å². The largest absolute Gasteiger partial charge is 0.496 e. The van der Waals surface area contributed by atoms with Crippen molar-refractivity contribution in [3.05, 3.63) is 137 Å². The van der Waals surface area contributed by atoms with Crippen LogP contribution < -0.4 is 31.9 Å². The van der Waals surface area contributed by atoms with E-state index < -0.39 is 20.0 Å². The van der Waals surface area contributed by atoms with Gasteiger partial charge in [0.05, 0.1) is 18.4 Å². The molecule has 0 radical (unpaired) electrons. The Hall–Kier alpha value is -5.59. The monoisotopic (exact) mass is 744 g/mol. The van der Waals surface area contributed by atoms with Gasteiger partial charge in [-0.1, -0.05) is 93.6 Å². The first-order valence-corrected chi connectivity index (χ1v) is 20.2. The van der Waals surface area contributed by atoms with Gasteiger partial charge in [0, 0.05) is 18.7 Å². The molecule has 278 valence electrons. The van der Waals surface area contributed by atoms with Gasteiger partial charge in [0.15, 0.2) is 11.5 Å². The number of halogens is 1. The number of carbonyl (C=O) groups is 1. The summed E-state index contributed by atoms with van der Waals surface area (Å²) < 4.78 is 30.0. The molecule has 0 spiro atoms. The molecular weight excluding hydrogens is 700 g/mol. The molecule has 2 heterocycles. The number of hydrogen-bond acceptors (Lipinski definition) is 7. The first kappa shape index (κ1) is 36.8. The van der Waals surface area contributed by atoms with Crippen molar-refractivity contribution in [2.45, 2.75) is 70.2 Å². The second-order valence-corrected chi connectivity index (χ2v) is 19.1. The smallest absolute Gasteiger partial charge is 0.335 e. The molecule has 1 aliphatic carbocycles. The zero-order valence-electron chi connectivity index (χ0n) is 31.0. The second-order valence-electron chi connectivity index (χ2n) is 14.8. The molecule has 4 aromatic carbocycles. The van der Waals surface area contributed by atoms with Crippen molar-refractivity contribution in [2.24, 2.45) is 0 Å². The third-order valence-corrected chi connectivity index (χ3v) is 15.6. The minimum atomic E-state index is -2.82. The number of anilines is 1. The molecule has 7 rings (SSSR count). The summed E-state index contributed by atoms with van der Waals surface area (Å²) in [6.07, 6.45) is 4.50. The number of carbonyl (C=O) groups excluding carboxylic acids is 1. The molecule has 0 aliphatic heterocycles. The highest BCUT2D eigenvalue weighted by atomic mass is 28.4. The number of methoxy groups -OCH3 is 1. The van der Waals surface area contributed by atoms with Crippen LogP contribution in [0.1, 0.15) is 68.4 Å². The third-order valence-electron chi connectivity index (χ3n) is 10.5. The van der Waals surface area contributed by atoms with E-state index in [0.29, 0.717) is 23.3 Å². The number of rotatable bonds is 10. The molecule has 54 heavy (non-hydrogen) atoms. The standard InChI is InChI=1S/C42H45FN6O4Si/c1-42(2,3)54(33-14-7-5-8-15-33,34-16-9-6-10-17-34)53-32-13-11-12-31(25-32)49-39-37(38(44)46-27-47-39)48(41(49)51)30-21-18-28(19-22-30)26-45-40(50)35-24-29(43)20-23-36(35)52-4/h5-10,14-24,27,31-32H,11-13,25-26H2,1-4H3,(H,45,50)(H2,44,46,47). The van der Waals surface area contributed by atoms with E-state index in [2.05, 4.69) is 84.6 Å². The molecule has 1 fully saturated rings. The lowest BCUT2D eigenvalue weighted by Gasteiger charge is -2.46. The average Bonchev–Trinajstić information content (AvgIpc) is 3.49. The fourth-order valence-electron chi connectivity index (χ4n) is 7.94. The van der Waals surface area contributed by atoms with Crippen LogP contribution in [0, 0.1) is 5.82 Å². The number of nitrogens with one attached hydrogen (secondary N) is 1. The Balaban J connectivity index is 1.19. The van der Waals surface area contributed by atoms with Crippen molar-refractivity contribution in [1.29, 1.82) is 0 Å². The summed E-state index contributed by atoms with van der Waals surface area (Å²) in [6, 6.07) is 32.1. The highest BCUT2D eigenvalue weighted by Crippen LogP contribution is 2.41. The van der Waals surface area contributed by atoms with Crippen LogP contribution in [0.3, 0.4) is 0 Å². The summed E-state index contributed by atoms with van der Waals surface area (Å²) in [6.45, 7) is 7.00. The molecule has 12 heteroatoms. The van der Waals surface area contributed by atoms with Gasteiger partial charge in [0.25, 0.3) is 14.2 Å². The van der Waals surface area contributed by atoms with Gasteiger partial charge in [-0.25, -0.2) is 19.2 Å². The van der Waals surface area contributed by atoms with Crippen LogP contribution in [0.5, 0.6) is 5.75 Å². The van der Waals surface area contributed by atoms with Gasteiger partial charge in [-0.3, -0.25) is 13.9 Å². The minimum absolute atomic E-state index is 0.0959. The number of aromatic nitrogens is 4. The summed E-state index contributed by atoms with van der Waals surface area (Å²) in [7, 11) is -1.40. The molecule has 10 nitrogen and oxygen atoms in total. The topological polar surface area (TPSA) is 126 Å². The van der Waals surface area contributed by atoms with Gasteiger partial charge >= 0.3 is 5.69 Å². The van der Waals surface area contributed by atoms with Gasteiger partial charge in [-0.2, -0.15) is 0 Å². The predicted molar refractivity (Wildman–Crippen MR) is 212 cm³/mol. The molecule has 2 aromatic heterocycles. The molecule has 2 atom stereocenters. The lowest BCUT2D eigenvalue weighted by Crippen LogP contribution is -2.68. The number of benzene rings is 4. The number of imidazole rings is 1. The molecule has 2 unspecified atom stereocenters. The number of nitrogens with two attached hydrogens (primary N) is 1. The predicted octanol–water partition coefficient (Wildman–Crippen LogP) is 6.30. The summed E-state index contributed by atoms with van der Waals surface area (Å²) in [5.74, 6) is -0.524. The Morgan fingerprint density at radius 3 is 2.24 bits per heavy atom. The first-order valence-electron chi connectivity index (χ1n) is 18.2. The first-order chi connectivity index (χ1) is 26.0. The Bertz CT molecular complexity index is 2280. The quantitative estimate of drug-likeness (QED) is 0.158. The third kappa shape index (κ3) is 6.82. The summed E-state index contributed by atoms with van der Waals surface area (Å²) >= 11 is 0. The number of ether oxygens (including phenoxy) is 1. The minimum Gasteiger partial charge on any atom is -0.496 e. The van der Waals surface area contributed by atoms with Crippen molar-refractivity contribution in [1.82, 2.24) is 24.4 Å². The molecule has 1 amide bonds. The van der Waals surface area contributed by atoms with Crippen molar-refractivity contribution in [3.63, 3.8) is 0 Å². The summed E-state index contributed by atoms with van der Waals surface area (Å²) in [4.78, 5) is 36.3. The SMILES string of the molecule is COc1ccc(F)cc1C(=O)NCc1ccc(-n2c(=O)n(C3CCCC(O[Si](c4ccccc4)(c4ccccc4)C(C)(C)C)C3)c3ncnc(N)c32)cc1. The Kier molecular flexibility index (Phi) is 10.2. The normalized spacial score (nSPS) is 16.3. The van der Waals surface area contributed by atoms with Gasteiger partial charge in [0.1, 0.15) is 23.4 Å². The molecule has 0 saturated heterocycles. The van der Waals surface area contributed by atoms with E-state index in [0.717, 1.165) is 30.9 Å². The highest BCUT2D eigenvalue weighted by Gasteiger charge is 2.52. The Morgan fingerprint density at radius 1 is 0.944 bits per heavy atom. The van der Waals surface area contributed by atoms with E-state index in [1.165, 1.54) is 35.9 Å². The number of fused-ring (bicyclic) bond motifs is 1. The fourth-order valence-corrected chi connectivity index (χ4v) is 12.7. The maximum Gasteiger partial charge on any atom is 0.335 e. The molecule has 1 aliphatic rings. The van der Waals surface area contributed by atoms with Gasteiger partial charge in [0.2, 0.25) is 0 Å². The van der Waals surface area contributed by atoms with Gasteiger partial charge in [-0.05, 0) is 77.0 Å². The van der Waals surface area contributed by atoms with E-state index in [9.17, 15) is 14.0 Å². The van der Waals surface area contributed by atoms with Crippen LogP contribution in [0.25, 0.3) is 16.9 Å². The summed E-state index contributed by atoms with van der Waals surface area (Å²) in [5.41, 5.74) is 8.59. The van der Waals surface area contributed by atoms with Crippen LogP contribution in [0.4, 0.5) is 10.2 Å². The van der Waals surface area contributed by atoms with E-state index >= 15 is 0 Å². The van der Waals surface area contributed by atoms with Crippen LogP contribution in [-0.4, -0.2) is 46.5 Å². The van der Waals surface area contributed by atoms with Crippen LogP contribution in [-0.2, 0) is 11.0 Å². The second kappa shape index (κ2) is 15.0. The van der Waals surface area contributed by atoms with Gasteiger partial charge in [-0.15, -0.1) is 0 Å². The zero-order chi connectivity index (χ0) is 38.0. The maximum atomic E-state index is 14.6. The Morgan fingerprint density at radius 2 is 1.61 bits per heavy atom. The number of nitrogen functional groups attached to an aromatic ring is 1. The molecule has 1 saturated carbocycles.